The van der Waals surface area contributed by atoms with Crippen molar-refractivity contribution in [3.63, 3.8) is 0 Å². The van der Waals surface area contributed by atoms with Crippen molar-refractivity contribution in [2.24, 2.45) is 7.05 Å². The molecule has 0 aliphatic heterocycles. The van der Waals surface area contributed by atoms with Crippen molar-refractivity contribution < 1.29 is 9.53 Å². The number of halogens is 1. The smallest absolute Gasteiger partial charge is 0.358 e. The molecule has 0 aliphatic rings. The van der Waals surface area contributed by atoms with Gasteiger partial charge in [0.2, 0.25) is 0 Å². The molecule has 0 N–H and O–H groups in total. The first kappa shape index (κ1) is 11.8. The third kappa shape index (κ3) is 2.23. The lowest BCUT2D eigenvalue weighted by atomic mass is 10.4. The van der Waals surface area contributed by atoms with Gasteiger partial charge in [0.25, 0.3) is 0 Å². The average Bonchev–Trinajstić information content (AvgIpc) is 2.42. The molecule has 0 spiro atoms. The molecule has 6 heteroatoms. The Hall–Kier alpha value is -1.23. The van der Waals surface area contributed by atoms with Gasteiger partial charge < -0.3 is 9.64 Å². The average molecular weight is 232 g/mol. The number of carbonyl (C=O) groups is 1. The third-order valence-corrected chi connectivity index (χ3v) is 2.21. The predicted molar refractivity (Wildman–Crippen MR) is 58.5 cm³/mol. The van der Waals surface area contributed by atoms with Crippen molar-refractivity contribution in [3.05, 3.63) is 10.7 Å². The Morgan fingerprint density at radius 1 is 1.60 bits per heavy atom. The van der Waals surface area contributed by atoms with Crippen LogP contribution in [0.4, 0.5) is 5.82 Å². The first-order valence-electron chi connectivity index (χ1n) is 4.56. The van der Waals surface area contributed by atoms with Crippen LogP contribution in [0.15, 0.2) is 0 Å². The largest absolute Gasteiger partial charge is 0.461 e. The zero-order valence-corrected chi connectivity index (χ0v) is 10.00. The predicted octanol–water partition coefficient (Wildman–Crippen LogP) is 1.32. The number of hydrogen-bond donors (Lipinski definition) is 0. The highest BCUT2D eigenvalue weighted by molar-refractivity contribution is 6.35. The summed E-state index contributed by atoms with van der Waals surface area (Å²) in [7, 11) is 5.28. The first-order chi connectivity index (χ1) is 6.99. The van der Waals surface area contributed by atoms with Crippen molar-refractivity contribution in [3.8, 4) is 0 Å². The summed E-state index contributed by atoms with van der Waals surface area (Å²) in [5, 5.41) is 4.44. The highest BCUT2D eigenvalue weighted by atomic mass is 35.5. The molecule has 1 aromatic heterocycles. The molecule has 0 aliphatic carbocycles. The van der Waals surface area contributed by atoms with E-state index in [2.05, 4.69) is 5.10 Å². The van der Waals surface area contributed by atoms with Crippen LogP contribution in [0.2, 0.25) is 5.02 Å². The van der Waals surface area contributed by atoms with Gasteiger partial charge in [0.05, 0.1) is 6.61 Å². The molecule has 0 fully saturated rings. The molecule has 0 bridgehead atoms. The van der Waals surface area contributed by atoms with Gasteiger partial charge in [-0.2, -0.15) is 5.10 Å². The first-order valence-corrected chi connectivity index (χ1v) is 4.93. The van der Waals surface area contributed by atoms with E-state index < -0.39 is 5.97 Å². The zero-order valence-electron chi connectivity index (χ0n) is 9.24. The van der Waals surface area contributed by atoms with E-state index >= 15 is 0 Å². The Labute approximate surface area is 93.6 Å². The number of rotatable bonds is 3. The number of carbonyl (C=O) groups excluding carboxylic acids is 1. The van der Waals surface area contributed by atoms with E-state index in [0.29, 0.717) is 17.4 Å². The lowest BCUT2D eigenvalue weighted by molar-refractivity contribution is 0.0514. The monoisotopic (exact) mass is 231 g/mol. The summed E-state index contributed by atoms with van der Waals surface area (Å²) >= 11 is 6.03. The van der Waals surface area contributed by atoms with E-state index in [4.69, 9.17) is 16.3 Å². The molecule has 1 aromatic rings. The Bertz CT molecular complexity index is 374. The topological polar surface area (TPSA) is 47.4 Å². The Morgan fingerprint density at radius 3 is 2.60 bits per heavy atom. The van der Waals surface area contributed by atoms with Crippen molar-refractivity contribution in [2.45, 2.75) is 6.92 Å². The molecule has 15 heavy (non-hydrogen) atoms. The summed E-state index contributed by atoms with van der Waals surface area (Å²) in [6.07, 6.45) is 0. The lowest BCUT2D eigenvalue weighted by Gasteiger charge is -2.07. The number of ether oxygens (including phenoxy) is 1. The zero-order chi connectivity index (χ0) is 11.6. The normalized spacial score (nSPS) is 10.2. The fourth-order valence-electron chi connectivity index (χ4n) is 1.19. The second kappa shape index (κ2) is 4.53. The third-order valence-electron chi connectivity index (χ3n) is 1.86. The molecule has 5 nitrogen and oxygen atoms in total. The Balaban J connectivity index is 3.13. The molecule has 84 valence electrons. The summed E-state index contributed by atoms with van der Waals surface area (Å²) in [6, 6.07) is 0. The van der Waals surface area contributed by atoms with Crippen LogP contribution in [0.25, 0.3) is 0 Å². The van der Waals surface area contributed by atoms with Crippen LogP contribution in [-0.2, 0) is 11.8 Å². The van der Waals surface area contributed by atoms with Gasteiger partial charge in [0.1, 0.15) is 5.02 Å². The van der Waals surface area contributed by atoms with Crippen molar-refractivity contribution in [1.29, 1.82) is 0 Å². The van der Waals surface area contributed by atoms with Crippen LogP contribution in [0.3, 0.4) is 0 Å². The molecule has 0 saturated heterocycles. The summed E-state index contributed by atoms with van der Waals surface area (Å²) in [5.74, 6) is 0.104. The van der Waals surface area contributed by atoms with Crippen LogP contribution < -0.4 is 4.90 Å². The van der Waals surface area contributed by atoms with Gasteiger partial charge in [-0.1, -0.05) is 11.6 Å². The minimum atomic E-state index is -0.453. The minimum Gasteiger partial charge on any atom is -0.461 e. The summed E-state index contributed by atoms with van der Waals surface area (Å²) in [5.41, 5.74) is 0.280. The Kier molecular flexibility index (Phi) is 3.57. The molecular formula is C9H14ClN3O2. The van der Waals surface area contributed by atoms with Crippen molar-refractivity contribution >= 4 is 23.4 Å². The fourth-order valence-corrected chi connectivity index (χ4v) is 1.60. The second-order valence-corrected chi connectivity index (χ2v) is 3.60. The number of hydrogen-bond acceptors (Lipinski definition) is 4. The standard InChI is InChI=1S/C9H14ClN3O2/c1-5-15-9(14)7-6(10)8(12(2)3)11-13(7)4/h5H2,1-4H3. The summed E-state index contributed by atoms with van der Waals surface area (Å²) in [4.78, 5) is 13.3. The van der Waals surface area contributed by atoms with E-state index in [0.717, 1.165) is 0 Å². The van der Waals surface area contributed by atoms with Gasteiger partial charge in [-0.25, -0.2) is 4.79 Å². The maximum absolute atomic E-state index is 11.5. The highest BCUT2D eigenvalue weighted by Crippen LogP contribution is 2.27. The number of aryl methyl sites for hydroxylation is 1. The van der Waals surface area contributed by atoms with Crippen molar-refractivity contribution in [2.75, 3.05) is 25.6 Å². The SMILES string of the molecule is CCOC(=O)c1c(Cl)c(N(C)C)nn1C. The number of aromatic nitrogens is 2. The minimum absolute atomic E-state index is 0.280. The summed E-state index contributed by atoms with van der Waals surface area (Å²) < 4.78 is 6.31. The quantitative estimate of drug-likeness (QED) is 0.736. The van der Waals surface area contributed by atoms with Crippen molar-refractivity contribution in [1.82, 2.24) is 9.78 Å². The van der Waals surface area contributed by atoms with Crippen LogP contribution >= 0.6 is 11.6 Å². The van der Waals surface area contributed by atoms with Gasteiger partial charge >= 0.3 is 5.97 Å². The van der Waals surface area contributed by atoms with E-state index in [9.17, 15) is 4.79 Å². The molecular weight excluding hydrogens is 218 g/mol. The van der Waals surface area contributed by atoms with E-state index in [1.165, 1.54) is 4.68 Å². The molecule has 0 aromatic carbocycles. The van der Waals surface area contributed by atoms with Gasteiger partial charge in [-0.05, 0) is 6.92 Å². The summed E-state index contributed by atoms with van der Waals surface area (Å²) in [6.45, 7) is 2.06. The van der Waals surface area contributed by atoms with E-state index in [1.54, 1.807) is 18.9 Å². The van der Waals surface area contributed by atoms with E-state index in [1.807, 2.05) is 14.1 Å². The molecule has 0 amide bonds. The van der Waals surface area contributed by atoms with Crippen LogP contribution in [0.5, 0.6) is 0 Å². The molecule has 1 rings (SSSR count). The van der Waals surface area contributed by atoms with Crippen LogP contribution in [-0.4, -0.2) is 36.5 Å². The van der Waals surface area contributed by atoms with Gasteiger partial charge in [-0.3, -0.25) is 4.68 Å². The number of anilines is 1. The number of nitrogens with zero attached hydrogens (tertiary/aromatic N) is 3. The molecule has 0 unspecified atom stereocenters. The lowest BCUT2D eigenvalue weighted by Crippen LogP contribution is -2.10. The fraction of sp³-hybridized carbons (Fsp3) is 0.556. The second-order valence-electron chi connectivity index (χ2n) is 3.22. The highest BCUT2D eigenvalue weighted by Gasteiger charge is 2.22. The molecule has 0 atom stereocenters. The maximum atomic E-state index is 11.5. The molecule has 0 radical (unpaired) electrons. The maximum Gasteiger partial charge on any atom is 0.358 e. The van der Waals surface area contributed by atoms with Gasteiger partial charge in [-0.15, -0.1) is 0 Å². The molecule has 1 heterocycles. The van der Waals surface area contributed by atoms with Crippen LogP contribution in [0.1, 0.15) is 17.4 Å². The molecule has 0 saturated carbocycles. The number of esters is 1. The van der Waals surface area contributed by atoms with Gasteiger partial charge in [0, 0.05) is 21.1 Å². The van der Waals surface area contributed by atoms with E-state index in [-0.39, 0.29) is 5.69 Å². The van der Waals surface area contributed by atoms with Gasteiger partial charge in [0.15, 0.2) is 11.5 Å². The Morgan fingerprint density at radius 2 is 2.20 bits per heavy atom. The van der Waals surface area contributed by atoms with Crippen LogP contribution in [0, 0.1) is 0 Å².